The fourth-order valence-electron chi connectivity index (χ4n) is 4.72. The van der Waals surface area contributed by atoms with E-state index in [1.165, 1.54) is 6.07 Å². The summed E-state index contributed by atoms with van der Waals surface area (Å²) in [5, 5.41) is 0. The van der Waals surface area contributed by atoms with Crippen LogP contribution in [0.3, 0.4) is 0 Å². The Morgan fingerprint density at radius 2 is 1.53 bits per heavy atom. The molecule has 0 bridgehead atoms. The van der Waals surface area contributed by atoms with E-state index in [2.05, 4.69) is 6.92 Å². The molecule has 5 heteroatoms. The number of ether oxygens (including phenoxy) is 2. The Morgan fingerprint density at radius 3 is 2.18 bits per heavy atom. The van der Waals surface area contributed by atoms with Gasteiger partial charge < -0.3 is 9.47 Å². The summed E-state index contributed by atoms with van der Waals surface area (Å²) < 4.78 is 55.0. The molecule has 180 valence electrons. The molecule has 4 rings (SSSR count). The Labute approximate surface area is 199 Å². The van der Waals surface area contributed by atoms with Crippen molar-refractivity contribution in [3.05, 3.63) is 83.2 Å². The molecule has 34 heavy (non-hydrogen) atoms. The van der Waals surface area contributed by atoms with E-state index >= 15 is 4.39 Å². The van der Waals surface area contributed by atoms with Crippen LogP contribution < -0.4 is 9.47 Å². The first-order chi connectivity index (χ1) is 16.5. The number of benzene rings is 3. The van der Waals surface area contributed by atoms with Crippen molar-refractivity contribution in [3.63, 3.8) is 0 Å². The second-order valence-corrected chi connectivity index (χ2v) is 8.93. The molecule has 0 spiro atoms. The fourth-order valence-corrected chi connectivity index (χ4v) is 4.72. The molecule has 1 aliphatic rings. The molecule has 1 aliphatic carbocycles. The maximum Gasteiger partial charge on any atom is 0.168 e. The van der Waals surface area contributed by atoms with Gasteiger partial charge in [0.25, 0.3) is 0 Å². The summed E-state index contributed by atoms with van der Waals surface area (Å²) in [6.07, 6.45) is 4.15. The van der Waals surface area contributed by atoms with Crippen molar-refractivity contribution in [2.24, 2.45) is 5.92 Å². The van der Waals surface area contributed by atoms with Gasteiger partial charge in [-0.3, -0.25) is 0 Å². The highest BCUT2D eigenvalue weighted by molar-refractivity contribution is 5.65. The zero-order valence-corrected chi connectivity index (χ0v) is 19.8. The quantitative estimate of drug-likeness (QED) is 0.333. The van der Waals surface area contributed by atoms with Crippen molar-refractivity contribution in [2.75, 3.05) is 13.2 Å². The van der Waals surface area contributed by atoms with Crippen molar-refractivity contribution < 1.29 is 22.6 Å². The highest BCUT2D eigenvalue weighted by Crippen LogP contribution is 2.39. The average Bonchev–Trinajstić information content (AvgIpc) is 2.86. The van der Waals surface area contributed by atoms with E-state index in [0.717, 1.165) is 37.7 Å². The first-order valence-corrected chi connectivity index (χ1v) is 12.1. The third-order valence-corrected chi connectivity index (χ3v) is 6.76. The molecule has 3 aromatic rings. The van der Waals surface area contributed by atoms with Gasteiger partial charge in [0.2, 0.25) is 0 Å². The van der Waals surface area contributed by atoms with Crippen LogP contribution >= 0.6 is 0 Å². The standard InChI is InChI=1S/C29H31F3O2/c1-3-19-5-9-21(10-6-19)24-14-15-25(29(32)28(24)31)22-11-7-20(8-12-22)18-34-23-13-16-27(33-4-2)26(30)17-23/h5-6,9-10,13-17,20,22H,3-4,7-8,11-12,18H2,1-2H3. The molecule has 0 radical (unpaired) electrons. The predicted octanol–water partition coefficient (Wildman–Crippen LogP) is 8.08. The van der Waals surface area contributed by atoms with Gasteiger partial charge in [-0.15, -0.1) is 0 Å². The average molecular weight is 469 g/mol. The summed E-state index contributed by atoms with van der Waals surface area (Å²) in [6.45, 7) is 4.74. The molecule has 0 heterocycles. The molecule has 0 aromatic heterocycles. The molecule has 0 N–H and O–H groups in total. The zero-order chi connectivity index (χ0) is 24.1. The van der Waals surface area contributed by atoms with Gasteiger partial charge in [-0.25, -0.2) is 13.2 Å². The van der Waals surface area contributed by atoms with E-state index in [-0.39, 0.29) is 11.7 Å². The summed E-state index contributed by atoms with van der Waals surface area (Å²) in [7, 11) is 0. The van der Waals surface area contributed by atoms with Gasteiger partial charge in [0.15, 0.2) is 23.2 Å². The lowest BCUT2D eigenvalue weighted by Crippen LogP contribution is -2.20. The lowest BCUT2D eigenvalue weighted by atomic mass is 9.78. The molecule has 0 saturated heterocycles. The van der Waals surface area contributed by atoms with Gasteiger partial charge in [-0.1, -0.05) is 43.3 Å². The minimum atomic E-state index is -0.773. The van der Waals surface area contributed by atoms with Crippen LogP contribution in [0, 0.1) is 23.4 Å². The summed E-state index contributed by atoms with van der Waals surface area (Å²) in [5.74, 6) is -0.968. The Morgan fingerprint density at radius 1 is 0.794 bits per heavy atom. The maximum absolute atomic E-state index is 15.0. The van der Waals surface area contributed by atoms with Crippen molar-refractivity contribution in [3.8, 4) is 22.6 Å². The number of hydrogen-bond donors (Lipinski definition) is 0. The van der Waals surface area contributed by atoms with Gasteiger partial charge in [-0.05, 0) is 79.7 Å². The molecular weight excluding hydrogens is 437 g/mol. The van der Waals surface area contributed by atoms with Gasteiger partial charge in [0.05, 0.1) is 13.2 Å². The molecule has 0 amide bonds. The van der Waals surface area contributed by atoms with Crippen molar-refractivity contribution in [2.45, 2.75) is 51.9 Å². The van der Waals surface area contributed by atoms with Crippen LogP contribution in [0.4, 0.5) is 13.2 Å². The molecule has 1 saturated carbocycles. The number of hydrogen-bond acceptors (Lipinski definition) is 2. The van der Waals surface area contributed by atoms with Gasteiger partial charge in [0, 0.05) is 11.6 Å². The van der Waals surface area contributed by atoms with E-state index in [0.29, 0.717) is 41.6 Å². The number of aryl methyl sites for hydroxylation is 1. The van der Waals surface area contributed by atoms with Crippen LogP contribution in [0.1, 0.15) is 56.6 Å². The van der Waals surface area contributed by atoms with Crippen LogP contribution in [0.5, 0.6) is 11.5 Å². The van der Waals surface area contributed by atoms with Crippen LogP contribution in [0.2, 0.25) is 0 Å². The number of rotatable bonds is 8. The van der Waals surface area contributed by atoms with Crippen LogP contribution in [0.25, 0.3) is 11.1 Å². The molecule has 0 aliphatic heterocycles. The van der Waals surface area contributed by atoms with Crippen molar-refractivity contribution in [1.82, 2.24) is 0 Å². The predicted molar refractivity (Wildman–Crippen MR) is 129 cm³/mol. The van der Waals surface area contributed by atoms with E-state index < -0.39 is 17.5 Å². The van der Waals surface area contributed by atoms with E-state index in [1.807, 2.05) is 24.3 Å². The summed E-state index contributed by atoms with van der Waals surface area (Å²) in [4.78, 5) is 0. The Bertz CT molecular complexity index is 1100. The molecule has 3 aromatic carbocycles. The van der Waals surface area contributed by atoms with Crippen molar-refractivity contribution >= 4 is 0 Å². The second-order valence-electron chi connectivity index (χ2n) is 8.93. The molecule has 2 nitrogen and oxygen atoms in total. The largest absolute Gasteiger partial charge is 0.493 e. The summed E-state index contributed by atoms with van der Waals surface area (Å²) in [5.41, 5.74) is 2.61. The fraction of sp³-hybridized carbons (Fsp3) is 0.379. The first kappa shape index (κ1) is 24.2. The van der Waals surface area contributed by atoms with Crippen LogP contribution in [-0.4, -0.2) is 13.2 Å². The monoisotopic (exact) mass is 468 g/mol. The highest BCUT2D eigenvalue weighted by atomic mass is 19.2. The van der Waals surface area contributed by atoms with Crippen LogP contribution in [-0.2, 0) is 6.42 Å². The molecular formula is C29H31F3O2. The van der Waals surface area contributed by atoms with Gasteiger partial charge >= 0.3 is 0 Å². The topological polar surface area (TPSA) is 18.5 Å². The van der Waals surface area contributed by atoms with E-state index in [1.54, 1.807) is 31.2 Å². The second kappa shape index (κ2) is 11.0. The molecule has 1 fully saturated rings. The SMILES string of the molecule is CCOc1ccc(OCC2CCC(c3ccc(-c4ccc(CC)cc4)c(F)c3F)CC2)cc1F. The lowest BCUT2D eigenvalue weighted by Gasteiger charge is -2.29. The Hall–Kier alpha value is -2.95. The Balaban J connectivity index is 1.35. The lowest BCUT2D eigenvalue weighted by molar-refractivity contribution is 0.198. The van der Waals surface area contributed by atoms with E-state index in [9.17, 15) is 8.78 Å². The van der Waals surface area contributed by atoms with Gasteiger partial charge in [0.1, 0.15) is 5.75 Å². The van der Waals surface area contributed by atoms with E-state index in [4.69, 9.17) is 9.47 Å². The minimum Gasteiger partial charge on any atom is -0.493 e. The summed E-state index contributed by atoms with van der Waals surface area (Å²) >= 11 is 0. The highest BCUT2D eigenvalue weighted by Gasteiger charge is 2.27. The third-order valence-electron chi connectivity index (χ3n) is 6.76. The van der Waals surface area contributed by atoms with Crippen molar-refractivity contribution in [1.29, 1.82) is 0 Å². The first-order valence-electron chi connectivity index (χ1n) is 12.1. The number of halogens is 3. The maximum atomic E-state index is 15.0. The van der Waals surface area contributed by atoms with Crippen LogP contribution in [0.15, 0.2) is 54.6 Å². The smallest absolute Gasteiger partial charge is 0.168 e. The normalized spacial score (nSPS) is 18.0. The third kappa shape index (κ3) is 5.40. The zero-order valence-electron chi connectivity index (χ0n) is 19.8. The molecule has 0 unspecified atom stereocenters. The van der Waals surface area contributed by atoms with Gasteiger partial charge in [-0.2, -0.15) is 0 Å². The molecule has 0 atom stereocenters. The Kier molecular flexibility index (Phi) is 7.81. The minimum absolute atomic E-state index is 0.00909. The summed E-state index contributed by atoms with van der Waals surface area (Å²) in [6, 6.07) is 15.6.